The summed E-state index contributed by atoms with van der Waals surface area (Å²) in [5, 5.41) is 0. The molecule has 2 fully saturated rings. The zero-order valence-electron chi connectivity index (χ0n) is 19.2. The number of rotatable bonds is 8. The van der Waals surface area contributed by atoms with Crippen LogP contribution in [0.4, 0.5) is 0 Å². The lowest BCUT2D eigenvalue weighted by atomic mass is 9.94. The van der Waals surface area contributed by atoms with Gasteiger partial charge in [-0.3, -0.25) is 14.6 Å². The molecule has 2 aromatic carbocycles. The zero-order chi connectivity index (χ0) is 22.0. The van der Waals surface area contributed by atoms with E-state index in [-0.39, 0.29) is 18.0 Å². The molecule has 4 atom stereocenters. The highest BCUT2D eigenvalue weighted by molar-refractivity contribution is 5.79. The summed E-state index contributed by atoms with van der Waals surface area (Å²) in [7, 11) is 2.12. The Balaban J connectivity index is 1.56. The number of hydrogen-bond donors (Lipinski definition) is 1. The van der Waals surface area contributed by atoms with Crippen LogP contribution < -0.4 is 5.73 Å². The first-order valence-electron chi connectivity index (χ1n) is 11.8. The second-order valence-electron chi connectivity index (χ2n) is 9.96. The number of carbonyl (C=O) groups excluding carboxylic acids is 1. The van der Waals surface area contributed by atoms with Gasteiger partial charge in [0.25, 0.3) is 0 Å². The number of primary amides is 1. The van der Waals surface area contributed by atoms with Gasteiger partial charge in [-0.05, 0) is 55.2 Å². The van der Waals surface area contributed by atoms with Crippen LogP contribution >= 0.6 is 0 Å². The number of carbonyl (C=O) groups is 1. The quantitative estimate of drug-likeness (QED) is 0.693. The molecule has 4 heteroatoms. The number of fused-ring (bicyclic) bond motifs is 1. The van der Waals surface area contributed by atoms with Crippen LogP contribution in [0.15, 0.2) is 60.7 Å². The van der Waals surface area contributed by atoms with Crippen LogP contribution in [-0.2, 0) is 4.79 Å². The van der Waals surface area contributed by atoms with Crippen LogP contribution in [0.1, 0.15) is 50.3 Å². The summed E-state index contributed by atoms with van der Waals surface area (Å²) in [4.78, 5) is 17.2. The summed E-state index contributed by atoms with van der Waals surface area (Å²) >= 11 is 0. The fourth-order valence-corrected chi connectivity index (χ4v) is 6.03. The van der Waals surface area contributed by atoms with Gasteiger partial charge in [-0.25, -0.2) is 0 Å². The second kappa shape index (κ2) is 9.54. The molecule has 2 aromatic rings. The van der Waals surface area contributed by atoms with E-state index in [0.29, 0.717) is 23.8 Å². The molecule has 0 unspecified atom stereocenters. The van der Waals surface area contributed by atoms with E-state index in [9.17, 15) is 4.79 Å². The SMILES string of the molecule is CC(C)C[C@@H](C(N)=O)N(C)[C@@H]1CC[C@H]2CN(C(c3ccccc3)c3ccccc3)C[C@H]21. The maximum absolute atomic E-state index is 12.2. The van der Waals surface area contributed by atoms with Crippen LogP contribution in [-0.4, -0.2) is 47.9 Å². The Labute approximate surface area is 187 Å². The molecule has 1 saturated carbocycles. The number of hydrogen-bond acceptors (Lipinski definition) is 3. The van der Waals surface area contributed by atoms with E-state index in [1.807, 2.05) is 0 Å². The van der Waals surface area contributed by atoms with Crippen molar-refractivity contribution in [2.75, 3.05) is 20.1 Å². The van der Waals surface area contributed by atoms with E-state index >= 15 is 0 Å². The molecule has 2 N–H and O–H groups in total. The summed E-state index contributed by atoms with van der Waals surface area (Å²) < 4.78 is 0. The lowest BCUT2D eigenvalue weighted by Gasteiger charge is -2.36. The largest absolute Gasteiger partial charge is 0.368 e. The molecule has 0 spiro atoms. The molecule has 166 valence electrons. The molecule has 1 aliphatic carbocycles. The van der Waals surface area contributed by atoms with Gasteiger partial charge >= 0.3 is 0 Å². The zero-order valence-corrected chi connectivity index (χ0v) is 19.2. The Morgan fingerprint density at radius 1 is 1.00 bits per heavy atom. The van der Waals surface area contributed by atoms with Crippen LogP contribution in [0.25, 0.3) is 0 Å². The normalized spacial score (nSPS) is 24.8. The smallest absolute Gasteiger partial charge is 0.234 e. The molecule has 4 rings (SSSR count). The van der Waals surface area contributed by atoms with E-state index in [1.165, 1.54) is 24.0 Å². The molecule has 0 bridgehead atoms. The minimum atomic E-state index is -0.180. The monoisotopic (exact) mass is 419 g/mol. The molecule has 1 heterocycles. The maximum Gasteiger partial charge on any atom is 0.234 e. The first-order valence-corrected chi connectivity index (χ1v) is 11.8. The molecular weight excluding hydrogens is 382 g/mol. The van der Waals surface area contributed by atoms with Crippen LogP contribution in [0.3, 0.4) is 0 Å². The topological polar surface area (TPSA) is 49.6 Å². The van der Waals surface area contributed by atoms with E-state index < -0.39 is 0 Å². The van der Waals surface area contributed by atoms with Gasteiger partial charge < -0.3 is 5.73 Å². The third-order valence-electron chi connectivity index (χ3n) is 7.48. The molecule has 2 aliphatic rings. The van der Waals surface area contributed by atoms with Crippen molar-refractivity contribution in [1.82, 2.24) is 9.80 Å². The Hall–Kier alpha value is -2.17. The molecule has 1 amide bonds. The van der Waals surface area contributed by atoms with Crippen molar-refractivity contribution in [2.24, 2.45) is 23.5 Å². The Bertz CT molecular complexity index is 814. The fraction of sp³-hybridized carbons (Fsp3) is 0.519. The van der Waals surface area contributed by atoms with Crippen molar-refractivity contribution >= 4 is 5.91 Å². The molecule has 1 saturated heterocycles. The number of likely N-dealkylation sites (tertiary alicyclic amines) is 1. The van der Waals surface area contributed by atoms with E-state index in [1.54, 1.807) is 0 Å². The minimum absolute atomic E-state index is 0.170. The maximum atomic E-state index is 12.2. The van der Waals surface area contributed by atoms with Crippen molar-refractivity contribution in [3.63, 3.8) is 0 Å². The third-order valence-corrected chi connectivity index (χ3v) is 7.48. The highest BCUT2D eigenvalue weighted by Gasteiger charge is 2.47. The van der Waals surface area contributed by atoms with Gasteiger partial charge in [0.05, 0.1) is 12.1 Å². The standard InChI is InChI=1S/C27H37N3O/c1-19(2)16-25(27(28)31)29(3)24-15-14-22-17-30(18-23(22)24)26(20-10-6-4-7-11-20)21-12-8-5-9-13-21/h4-13,19,22-26H,14-18H2,1-3H3,(H2,28,31)/t22-,23+,24+,25-/m0/s1. The summed E-state index contributed by atoms with van der Waals surface area (Å²) in [5.74, 6) is 1.56. The van der Waals surface area contributed by atoms with E-state index in [2.05, 4.69) is 91.4 Å². The van der Waals surface area contributed by atoms with Gasteiger partial charge in [-0.2, -0.15) is 0 Å². The van der Waals surface area contributed by atoms with Crippen molar-refractivity contribution in [2.45, 2.75) is 51.2 Å². The highest BCUT2D eigenvalue weighted by atomic mass is 16.1. The first kappa shape index (κ1) is 22.0. The van der Waals surface area contributed by atoms with Gasteiger partial charge in [0, 0.05) is 19.1 Å². The fourth-order valence-electron chi connectivity index (χ4n) is 6.03. The highest BCUT2D eigenvalue weighted by Crippen LogP contribution is 2.45. The summed E-state index contributed by atoms with van der Waals surface area (Å²) in [6.07, 6.45) is 3.24. The molecule has 31 heavy (non-hydrogen) atoms. The first-order chi connectivity index (χ1) is 15.0. The lowest BCUT2D eigenvalue weighted by Crippen LogP contribution is -2.50. The van der Waals surface area contributed by atoms with Gasteiger partial charge in [-0.1, -0.05) is 74.5 Å². The Morgan fingerprint density at radius 3 is 2.10 bits per heavy atom. The van der Waals surface area contributed by atoms with Crippen molar-refractivity contribution in [3.05, 3.63) is 71.8 Å². The minimum Gasteiger partial charge on any atom is -0.368 e. The van der Waals surface area contributed by atoms with Gasteiger partial charge in [0.2, 0.25) is 5.91 Å². The lowest BCUT2D eigenvalue weighted by molar-refractivity contribution is -0.124. The van der Waals surface area contributed by atoms with E-state index in [0.717, 1.165) is 19.5 Å². The summed E-state index contributed by atoms with van der Waals surface area (Å²) in [5.41, 5.74) is 8.54. The molecule has 0 radical (unpaired) electrons. The second-order valence-corrected chi connectivity index (χ2v) is 9.96. The molecule has 0 aromatic heterocycles. The van der Waals surface area contributed by atoms with E-state index in [4.69, 9.17) is 5.73 Å². The number of amides is 1. The Kier molecular flexibility index (Phi) is 6.78. The predicted octanol–water partition coefficient (Wildman–Crippen LogP) is 4.32. The van der Waals surface area contributed by atoms with Gasteiger partial charge in [-0.15, -0.1) is 0 Å². The van der Waals surface area contributed by atoms with Crippen LogP contribution in [0, 0.1) is 17.8 Å². The molecule has 4 nitrogen and oxygen atoms in total. The van der Waals surface area contributed by atoms with Crippen molar-refractivity contribution < 1.29 is 4.79 Å². The molecular formula is C27H37N3O. The number of nitrogens with zero attached hydrogens (tertiary/aromatic N) is 2. The predicted molar refractivity (Wildman–Crippen MR) is 127 cm³/mol. The average Bonchev–Trinajstić information content (AvgIpc) is 3.34. The molecule has 1 aliphatic heterocycles. The van der Waals surface area contributed by atoms with Crippen LogP contribution in [0.2, 0.25) is 0 Å². The summed E-state index contributed by atoms with van der Waals surface area (Å²) in [6, 6.07) is 22.3. The number of nitrogens with two attached hydrogens (primary N) is 1. The number of benzene rings is 2. The summed E-state index contributed by atoms with van der Waals surface area (Å²) in [6.45, 7) is 6.53. The van der Waals surface area contributed by atoms with Crippen molar-refractivity contribution in [1.29, 1.82) is 0 Å². The van der Waals surface area contributed by atoms with Gasteiger partial charge in [0.1, 0.15) is 0 Å². The van der Waals surface area contributed by atoms with Crippen LogP contribution in [0.5, 0.6) is 0 Å². The van der Waals surface area contributed by atoms with Crippen molar-refractivity contribution in [3.8, 4) is 0 Å². The Morgan fingerprint density at radius 2 is 1.58 bits per heavy atom. The van der Waals surface area contributed by atoms with Gasteiger partial charge in [0.15, 0.2) is 0 Å². The number of likely N-dealkylation sites (N-methyl/N-ethyl adjacent to an activating group) is 1. The third kappa shape index (κ3) is 4.70. The average molecular weight is 420 g/mol.